The Morgan fingerprint density at radius 3 is 2.77 bits per heavy atom. The highest BCUT2D eigenvalue weighted by Gasteiger charge is 2.07. The van der Waals surface area contributed by atoms with Crippen LogP contribution in [0.15, 0.2) is 30.9 Å². The molecule has 13 heavy (non-hydrogen) atoms. The first-order chi connectivity index (χ1) is 6.29. The van der Waals surface area contributed by atoms with E-state index in [0.717, 1.165) is 5.39 Å². The number of carbonyl (C=O) groups is 1. The largest absolute Gasteiger partial charge is 0.478 e. The van der Waals surface area contributed by atoms with Crippen LogP contribution in [0.3, 0.4) is 0 Å². The van der Waals surface area contributed by atoms with Crippen molar-refractivity contribution in [1.29, 1.82) is 0 Å². The summed E-state index contributed by atoms with van der Waals surface area (Å²) in [4.78, 5) is 18.4. The van der Waals surface area contributed by atoms with Gasteiger partial charge in [0, 0.05) is 35.6 Å². The number of hydrogen-bond acceptors (Lipinski definition) is 3. The van der Waals surface area contributed by atoms with Gasteiger partial charge in [-0.15, -0.1) is 0 Å². The minimum Gasteiger partial charge on any atom is -0.478 e. The molecular formula is C9H6N2O2. The standard InChI is InChI=1S/C9H6N2O2/c12-9(13)8-5-11-4-6-3-10-2-1-7(6)8/h1-5H,(H,12,13). The van der Waals surface area contributed by atoms with Crippen molar-refractivity contribution < 1.29 is 9.90 Å². The molecule has 0 amide bonds. The van der Waals surface area contributed by atoms with Gasteiger partial charge in [0.15, 0.2) is 0 Å². The van der Waals surface area contributed by atoms with Gasteiger partial charge in [0.1, 0.15) is 0 Å². The van der Waals surface area contributed by atoms with Crippen LogP contribution in [0.4, 0.5) is 0 Å². The van der Waals surface area contributed by atoms with E-state index in [4.69, 9.17) is 5.11 Å². The lowest BCUT2D eigenvalue weighted by Crippen LogP contribution is -1.98. The Morgan fingerprint density at radius 1 is 1.23 bits per heavy atom. The van der Waals surface area contributed by atoms with Crippen molar-refractivity contribution in [3.05, 3.63) is 36.4 Å². The van der Waals surface area contributed by atoms with Crippen LogP contribution >= 0.6 is 0 Å². The highest BCUT2D eigenvalue weighted by atomic mass is 16.4. The minimum atomic E-state index is -0.968. The van der Waals surface area contributed by atoms with Gasteiger partial charge in [-0.25, -0.2) is 4.79 Å². The molecule has 0 saturated heterocycles. The molecule has 0 saturated carbocycles. The summed E-state index contributed by atoms with van der Waals surface area (Å²) in [5, 5.41) is 10.2. The van der Waals surface area contributed by atoms with Crippen molar-refractivity contribution in [3.63, 3.8) is 0 Å². The molecule has 4 nitrogen and oxygen atoms in total. The molecule has 0 aromatic carbocycles. The average molecular weight is 174 g/mol. The van der Waals surface area contributed by atoms with E-state index in [0.29, 0.717) is 5.39 Å². The quantitative estimate of drug-likeness (QED) is 0.708. The van der Waals surface area contributed by atoms with Crippen LogP contribution in [-0.4, -0.2) is 21.0 Å². The van der Waals surface area contributed by atoms with E-state index in [9.17, 15) is 4.79 Å². The lowest BCUT2D eigenvalue weighted by atomic mass is 10.1. The van der Waals surface area contributed by atoms with Crippen LogP contribution in [-0.2, 0) is 0 Å². The molecule has 0 bridgehead atoms. The predicted octanol–water partition coefficient (Wildman–Crippen LogP) is 1.33. The fraction of sp³-hybridized carbons (Fsp3) is 0. The molecule has 0 spiro atoms. The molecule has 0 unspecified atom stereocenters. The maximum Gasteiger partial charge on any atom is 0.337 e. The van der Waals surface area contributed by atoms with Gasteiger partial charge in [0.2, 0.25) is 0 Å². The zero-order chi connectivity index (χ0) is 9.26. The molecule has 0 aliphatic rings. The number of pyridine rings is 2. The zero-order valence-corrected chi connectivity index (χ0v) is 6.64. The predicted molar refractivity (Wildman–Crippen MR) is 46.5 cm³/mol. The summed E-state index contributed by atoms with van der Waals surface area (Å²) in [6, 6.07) is 1.67. The summed E-state index contributed by atoms with van der Waals surface area (Å²) in [6.07, 6.45) is 6.09. The Bertz CT molecular complexity index is 463. The van der Waals surface area contributed by atoms with Crippen molar-refractivity contribution in [2.45, 2.75) is 0 Å². The number of carboxylic acids is 1. The topological polar surface area (TPSA) is 63.1 Å². The highest BCUT2D eigenvalue weighted by molar-refractivity contribution is 6.02. The smallest absolute Gasteiger partial charge is 0.337 e. The van der Waals surface area contributed by atoms with Gasteiger partial charge < -0.3 is 5.11 Å². The summed E-state index contributed by atoms with van der Waals surface area (Å²) in [5.41, 5.74) is 0.208. The van der Waals surface area contributed by atoms with Crippen LogP contribution < -0.4 is 0 Å². The first-order valence-electron chi connectivity index (χ1n) is 3.70. The van der Waals surface area contributed by atoms with E-state index < -0.39 is 5.97 Å². The maximum absolute atomic E-state index is 10.8. The Balaban J connectivity index is 2.83. The second kappa shape index (κ2) is 2.82. The lowest BCUT2D eigenvalue weighted by molar-refractivity contribution is 0.0698. The van der Waals surface area contributed by atoms with Crippen molar-refractivity contribution in [2.75, 3.05) is 0 Å². The van der Waals surface area contributed by atoms with Crippen LogP contribution in [0, 0.1) is 0 Å². The molecule has 0 aliphatic heterocycles. The summed E-state index contributed by atoms with van der Waals surface area (Å²) in [6.45, 7) is 0. The van der Waals surface area contributed by atoms with Crippen LogP contribution in [0.2, 0.25) is 0 Å². The molecule has 2 rings (SSSR count). The zero-order valence-electron chi connectivity index (χ0n) is 6.64. The fourth-order valence-corrected chi connectivity index (χ4v) is 1.19. The lowest BCUT2D eigenvalue weighted by Gasteiger charge is -1.99. The number of aromatic carboxylic acids is 1. The minimum absolute atomic E-state index is 0.208. The Hall–Kier alpha value is -1.97. The van der Waals surface area contributed by atoms with E-state index in [1.165, 1.54) is 6.20 Å². The molecule has 0 aliphatic carbocycles. The van der Waals surface area contributed by atoms with E-state index >= 15 is 0 Å². The van der Waals surface area contributed by atoms with Gasteiger partial charge in [-0.1, -0.05) is 0 Å². The van der Waals surface area contributed by atoms with Gasteiger partial charge in [-0.3, -0.25) is 9.97 Å². The molecule has 2 heterocycles. The second-order valence-corrected chi connectivity index (χ2v) is 2.59. The van der Waals surface area contributed by atoms with E-state index in [2.05, 4.69) is 9.97 Å². The number of fused-ring (bicyclic) bond motifs is 1. The maximum atomic E-state index is 10.8. The Kier molecular flexibility index (Phi) is 1.66. The third-order valence-corrected chi connectivity index (χ3v) is 1.79. The molecule has 4 heteroatoms. The summed E-state index contributed by atoms with van der Waals surface area (Å²) < 4.78 is 0. The van der Waals surface area contributed by atoms with Gasteiger partial charge in [0.25, 0.3) is 0 Å². The van der Waals surface area contributed by atoms with E-state index in [-0.39, 0.29) is 5.56 Å². The fourth-order valence-electron chi connectivity index (χ4n) is 1.19. The average Bonchev–Trinajstić information content (AvgIpc) is 2.17. The molecule has 1 N–H and O–H groups in total. The summed E-state index contributed by atoms with van der Waals surface area (Å²) in [7, 11) is 0. The molecule has 2 aromatic heterocycles. The van der Waals surface area contributed by atoms with Crippen molar-refractivity contribution in [2.24, 2.45) is 0 Å². The summed E-state index contributed by atoms with van der Waals surface area (Å²) in [5.74, 6) is -0.968. The number of carboxylic acid groups (broad SMARTS) is 1. The molecule has 0 radical (unpaired) electrons. The van der Waals surface area contributed by atoms with Gasteiger partial charge in [-0.05, 0) is 6.07 Å². The molecular weight excluding hydrogens is 168 g/mol. The number of hydrogen-bond donors (Lipinski definition) is 1. The van der Waals surface area contributed by atoms with Crippen molar-refractivity contribution in [1.82, 2.24) is 9.97 Å². The molecule has 2 aromatic rings. The normalized spacial score (nSPS) is 10.2. The Morgan fingerprint density at radius 2 is 2.00 bits per heavy atom. The molecule has 64 valence electrons. The third-order valence-electron chi connectivity index (χ3n) is 1.79. The van der Waals surface area contributed by atoms with Gasteiger partial charge in [-0.2, -0.15) is 0 Å². The molecule has 0 fully saturated rings. The number of nitrogens with zero attached hydrogens (tertiary/aromatic N) is 2. The van der Waals surface area contributed by atoms with Gasteiger partial charge in [0.05, 0.1) is 5.56 Å². The van der Waals surface area contributed by atoms with E-state index in [1.807, 2.05) is 0 Å². The second-order valence-electron chi connectivity index (χ2n) is 2.59. The third kappa shape index (κ3) is 1.22. The molecule has 0 atom stereocenters. The van der Waals surface area contributed by atoms with Crippen molar-refractivity contribution in [3.8, 4) is 0 Å². The SMILES string of the molecule is O=C(O)c1cncc2cnccc12. The van der Waals surface area contributed by atoms with Gasteiger partial charge >= 0.3 is 5.97 Å². The Labute approximate surface area is 73.9 Å². The van der Waals surface area contributed by atoms with Crippen LogP contribution in [0.25, 0.3) is 10.8 Å². The van der Waals surface area contributed by atoms with E-state index in [1.54, 1.807) is 24.7 Å². The van der Waals surface area contributed by atoms with Crippen LogP contribution in [0.5, 0.6) is 0 Å². The number of aromatic nitrogens is 2. The monoisotopic (exact) mass is 174 g/mol. The highest BCUT2D eigenvalue weighted by Crippen LogP contribution is 2.15. The summed E-state index contributed by atoms with van der Waals surface area (Å²) >= 11 is 0. The number of rotatable bonds is 1. The van der Waals surface area contributed by atoms with Crippen molar-refractivity contribution >= 4 is 16.7 Å². The first-order valence-corrected chi connectivity index (χ1v) is 3.70. The first kappa shape index (κ1) is 7.67. The van der Waals surface area contributed by atoms with Crippen LogP contribution in [0.1, 0.15) is 10.4 Å².